The molecule has 0 saturated carbocycles. The minimum Gasteiger partial charge on any atom is -0.317 e. The van der Waals surface area contributed by atoms with Gasteiger partial charge in [-0.15, -0.1) is 0 Å². The zero-order chi connectivity index (χ0) is 10.5. The zero-order valence-electron chi connectivity index (χ0n) is 9.39. The number of rotatable bonds is 4. The van der Waals surface area contributed by atoms with Crippen LogP contribution < -0.4 is 5.32 Å². The van der Waals surface area contributed by atoms with E-state index < -0.39 is 0 Å². The van der Waals surface area contributed by atoms with Crippen molar-refractivity contribution >= 4 is 0 Å². The SMILES string of the molecule is CC(CCn1cncn1)C1CCNCC1. The van der Waals surface area contributed by atoms with Crippen LogP contribution in [0.1, 0.15) is 26.2 Å². The zero-order valence-corrected chi connectivity index (χ0v) is 9.39. The Balaban J connectivity index is 1.74. The van der Waals surface area contributed by atoms with Crippen molar-refractivity contribution in [1.82, 2.24) is 20.1 Å². The predicted molar refractivity (Wildman–Crippen MR) is 59.4 cm³/mol. The van der Waals surface area contributed by atoms with E-state index in [0.717, 1.165) is 18.4 Å². The van der Waals surface area contributed by atoms with Crippen molar-refractivity contribution in [3.05, 3.63) is 12.7 Å². The lowest BCUT2D eigenvalue weighted by Crippen LogP contribution is -2.31. The summed E-state index contributed by atoms with van der Waals surface area (Å²) in [5, 5.41) is 7.54. The fourth-order valence-corrected chi connectivity index (χ4v) is 2.33. The van der Waals surface area contributed by atoms with Crippen LogP contribution in [0.2, 0.25) is 0 Å². The number of nitrogens with zero attached hydrogens (tertiary/aromatic N) is 3. The summed E-state index contributed by atoms with van der Waals surface area (Å²) in [7, 11) is 0. The van der Waals surface area contributed by atoms with E-state index in [2.05, 4.69) is 22.3 Å². The molecular formula is C11H20N4. The first-order valence-electron chi connectivity index (χ1n) is 5.89. The van der Waals surface area contributed by atoms with Crippen LogP contribution in [0.5, 0.6) is 0 Å². The average Bonchev–Trinajstić information content (AvgIpc) is 2.80. The Morgan fingerprint density at radius 2 is 2.27 bits per heavy atom. The molecule has 1 aliphatic rings. The third-order valence-electron chi connectivity index (χ3n) is 3.47. The summed E-state index contributed by atoms with van der Waals surface area (Å²) in [5.41, 5.74) is 0. The second-order valence-corrected chi connectivity index (χ2v) is 4.51. The number of aromatic nitrogens is 3. The summed E-state index contributed by atoms with van der Waals surface area (Å²) in [5.74, 6) is 1.70. The highest BCUT2D eigenvalue weighted by molar-refractivity contribution is 4.73. The molecule has 1 fully saturated rings. The van der Waals surface area contributed by atoms with E-state index in [1.165, 1.54) is 32.4 Å². The van der Waals surface area contributed by atoms with Crippen LogP contribution in [0.4, 0.5) is 0 Å². The molecule has 4 nitrogen and oxygen atoms in total. The van der Waals surface area contributed by atoms with E-state index in [-0.39, 0.29) is 0 Å². The first kappa shape index (κ1) is 10.6. The van der Waals surface area contributed by atoms with Gasteiger partial charge in [0, 0.05) is 6.54 Å². The maximum absolute atomic E-state index is 4.13. The molecule has 1 aliphatic heterocycles. The summed E-state index contributed by atoms with van der Waals surface area (Å²) < 4.78 is 1.93. The van der Waals surface area contributed by atoms with E-state index in [9.17, 15) is 0 Å². The Morgan fingerprint density at radius 3 is 2.93 bits per heavy atom. The Morgan fingerprint density at radius 1 is 1.47 bits per heavy atom. The number of aryl methyl sites for hydroxylation is 1. The number of piperidine rings is 1. The highest BCUT2D eigenvalue weighted by Crippen LogP contribution is 2.24. The van der Waals surface area contributed by atoms with Gasteiger partial charge in [-0.2, -0.15) is 5.10 Å². The smallest absolute Gasteiger partial charge is 0.137 e. The van der Waals surface area contributed by atoms with Crippen LogP contribution >= 0.6 is 0 Å². The van der Waals surface area contributed by atoms with Crippen molar-refractivity contribution in [2.75, 3.05) is 13.1 Å². The molecule has 0 aromatic carbocycles. The highest BCUT2D eigenvalue weighted by atomic mass is 15.3. The molecule has 84 valence electrons. The lowest BCUT2D eigenvalue weighted by Gasteiger charge is -2.28. The van der Waals surface area contributed by atoms with Crippen molar-refractivity contribution in [3.8, 4) is 0 Å². The van der Waals surface area contributed by atoms with Crippen molar-refractivity contribution in [2.24, 2.45) is 11.8 Å². The van der Waals surface area contributed by atoms with Crippen LogP contribution in [-0.2, 0) is 6.54 Å². The third-order valence-corrected chi connectivity index (χ3v) is 3.47. The lowest BCUT2D eigenvalue weighted by atomic mass is 9.84. The summed E-state index contributed by atoms with van der Waals surface area (Å²) >= 11 is 0. The van der Waals surface area contributed by atoms with Gasteiger partial charge in [-0.3, -0.25) is 4.68 Å². The molecular weight excluding hydrogens is 188 g/mol. The van der Waals surface area contributed by atoms with Gasteiger partial charge in [-0.05, 0) is 44.2 Å². The fourth-order valence-electron chi connectivity index (χ4n) is 2.33. The molecule has 0 amide bonds. The Hall–Kier alpha value is -0.900. The van der Waals surface area contributed by atoms with Crippen LogP contribution in [0, 0.1) is 11.8 Å². The molecule has 1 atom stereocenters. The standard InChI is InChI=1S/C11H20N4/c1-10(11-2-5-12-6-3-11)4-7-15-9-13-8-14-15/h8-12H,2-7H2,1H3. The van der Waals surface area contributed by atoms with Gasteiger partial charge in [0.1, 0.15) is 12.7 Å². The van der Waals surface area contributed by atoms with Gasteiger partial charge < -0.3 is 5.32 Å². The largest absolute Gasteiger partial charge is 0.317 e. The highest BCUT2D eigenvalue weighted by Gasteiger charge is 2.19. The first-order chi connectivity index (χ1) is 7.36. The van der Waals surface area contributed by atoms with Crippen LogP contribution in [0.15, 0.2) is 12.7 Å². The third kappa shape index (κ3) is 3.02. The first-order valence-corrected chi connectivity index (χ1v) is 5.89. The van der Waals surface area contributed by atoms with Gasteiger partial charge in [0.15, 0.2) is 0 Å². The molecule has 1 unspecified atom stereocenters. The molecule has 2 heterocycles. The predicted octanol–water partition coefficient (Wildman–Crippen LogP) is 1.30. The van der Waals surface area contributed by atoms with E-state index in [1.54, 1.807) is 12.7 Å². The van der Waals surface area contributed by atoms with Crippen LogP contribution in [-0.4, -0.2) is 27.9 Å². The molecule has 2 rings (SSSR count). The van der Waals surface area contributed by atoms with E-state index >= 15 is 0 Å². The van der Waals surface area contributed by atoms with Crippen molar-refractivity contribution < 1.29 is 0 Å². The fraction of sp³-hybridized carbons (Fsp3) is 0.818. The molecule has 15 heavy (non-hydrogen) atoms. The van der Waals surface area contributed by atoms with Crippen LogP contribution in [0.25, 0.3) is 0 Å². The average molecular weight is 208 g/mol. The Labute approximate surface area is 91.1 Å². The molecule has 1 N–H and O–H groups in total. The molecule has 1 saturated heterocycles. The van der Waals surface area contributed by atoms with Crippen LogP contribution in [0.3, 0.4) is 0 Å². The minimum absolute atomic E-state index is 0.802. The van der Waals surface area contributed by atoms with Crippen molar-refractivity contribution in [3.63, 3.8) is 0 Å². The quantitative estimate of drug-likeness (QED) is 0.811. The number of hydrogen-bond donors (Lipinski definition) is 1. The second-order valence-electron chi connectivity index (χ2n) is 4.51. The number of nitrogens with one attached hydrogen (secondary N) is 1. The summed E-state index contributed by atoms with van der Waals surface area (Å²) in [6.45, 7) is 5.76. The lowest BCUT2D eigenvalue weighted by molar-refractivity contribution is 0.253. The molecule has 0 radical (unpaired) electrons. The van der Waals surface area contributed by atoms with Gasteiger partial charge in [0.05, 0.1) is 0 Å². The Bertz CT molecular complexity index is 264. The Kier molecular flexibility index (Phi) is 3.72. The molecule has 0 bridgehead atoms. The monoisotopic (exact) mass is 208 g/mol. The molecule has 4 heteroatoms. The maximum Gasteiger partial charge on any atom is 0.137 e. The summed E-state index contributed by atoms with van der Waals surface area (Å²) in [6, 6.07) is 0. The van der Waals surface area contributed by atoms with Gasteiger partial charge in [0.2, 0.25) is 0 Å². The molecule has 0 aliphatic carbocycles. The van der Waals surface area contributed by atoms with E-state index in [1.807, 2.05) is 4.68 Å². The van der Waals surface area contributed by atoms with Gasteiger partial charge in [-0.1, -0.05) is 6.92 Å². The molecule has 1 aromatic rings. The van der Waals surface area contributed by atoms with Crippen molar-refractivity contribution in [1.29, 1.82) is 0 Å². The molecule has 1 aromatic heterocycles. The number of hydrogen-bond acceptors (Lipinski definition) is 3. The van der Waals surface area contributed by atoms with Gasteiger partial charge in [-0.25, -0.2) is 4.98 Å². The minimum atomic E-state index is 0.802. The molecule has 0 spiro atoms. The van der Waals surface area contributed by atoms with Gasteiger partial charge >= 0.3 is 0 Å². The topological polar surface area (TPSA) is 42.7 Å². The summed E-state index contributed by atoms with van der Waals surface area (Å²) in [6.07, 6.45) is 7.29. The van der Waals surface area contributed by atoms with E-state index in [0.29, 0.717) is 0 Å². The van der Waals surface area contributed by atoms with E-state index in [4.69, 9.17) is 0 Å². The van der Waals surface area contributed by atoms with Crippen molar-refractivity contribution in [2.45, 2.75) is 32.7 Å². The summed E-state index contributed by atoms with van der Waals surface area (Å²) in [4.78, 5) is 3.95. The maximum atomic E-state index is 4.13. The second kappa shape index (κ2) is 5.26. The normalized spacial score (nSPS) is 20.3. The van der Waals surface area contributed by atoms with Gasteiger partial charge in [0.25, 0.3) is 0 Å².